The van der Waals surface area contributed by atoms with Gasteiger partial charge in [0.05, 0.1) is 4.90 Å². The molecule has 1 aromatic carbocycles. The van der Waals surface area contributed by atoms with E-state index in [0.29, 0.717) is 10.7 Å². The zero-order valence-electron chi connectivity index (χ0n) is 9.35. The number of halogens is 1. The number of nitrogens with two attached hydrogens (primary N) is 1. The molecule has 2 N–H and O–H groups in total. The number of benzene rings is 1. The molecule has 0 radical (unpaired) electrons. The second-order valence-corrected chi connectivity index (χ2v) is 6.56. The Morgan fingerprint density at radius 2 is 1.81 bits per heavy atom. The normalized spacial score (nSPS) is 15.8. The molecule has 0 amide bonds. The maximum absolute atomic E-state index is 11.1. The monoisotopic (exact) mass is 305 g/mol. The average Bonchev–Trinajstić information content (AvgIpc) is 2.26. The van der Waals surface area contributed by atoms with E-state index in [4.69, 9.17) is 5.14 Å². The van der Waals surface area contributed by atoms with Gasteiger partial charge in [0.15, 0.2) is 0 Å². The summed E-state index contributed by atoms with van der Waals surface area (Å²) in [7, 11) is -3.58. The fraction of sp³-hybridized carbons (Fsp3) is 0.455. The smallest absolute Gasteiger partial charge is 0.225 e. The van der Waals surface area contributed by atoms with Gasteiger partial charge in [0.1, 0.15) is 0 Å². The summed E-state index contributed by atoms with van der Waals surface area (Å²) in [5.41, 5.74) is 1.11. The van der Waals surface area contributed by atoms with E-state index in [2.05, 4.69) is 29.8 Å². The van der Waals surface area contributed by atoms with Gasteiger partial charge in [-0.2, -0.15) is 0 Å². The fourth-order valence-corrected chi connectivity index (χ4v) is 2.34. The predicted octanol–water partition coefficient (Wildman–Crippen LogP) is 2.61. The molecule has 0 saturated heterocycles. The number of primary sulfonamides is 1. The molecule has 0 fully saturated rings. The quantitative estimate of drug-likeness (QED) is 0.869. The van der Waals surface area contributed by atoms with Crippen molar-refractivity contribution in [3.8, 4) is 0 Å². The minimum atomic E-state index is -3.58. The summed E-state index contributed by atoms with van der Waals surface area (Å²) in [4.78, 5) is 0.555. The first-order valence-corrected chi connectivity index (χ1v) is 7.59. The van der Waals surface area contributed by atoms with E-state index in [1.165, 1.54) is 0 Å². The molecule has 0 aliphatic rings. The van der Waals surface area contributed by atoms with Gasteiger partial charge in [0.25, 0.3) is 0 Å². The molecule has 0 saturated carbocycles. The van der Waals surface area contributed by atoms with Crippen LogP contribution in [0.15, 0.2) is 29.2 Å². The van der Waals surface area contributed by atoms with Gasteiger partial charge < -0.3 is 0 Å². The summed E-state index contributed by atoms with van der Waals surface area (Å²) < 4.78 is 22.1. The second kappa shape index (κ2) is 5.29. The van der Waals surface area contributed by atoms with Crippen LogP contribution in [-0.4, -0.2) is 13.2 Å². The number of alkyl halides is 1. The van der Waals surface area contributed by atoms with Crippen molar-refractivity contribution in [2.24, 2.45) is 5.14 Å². The molecule has 3 nitrogen and oxygen atoms in total. The molecule has 0 aromatic heterocycles. The minimum absolute atomic E-state index is 0.158. The molecule has 2 atom stereocenters. The largest absolute Gasteiger partial charge is 0.238 e. The number of rotatable bonds is 4. The van der Waals surface area contributed by atoms with E-state index in [1.807, 2.05) is 12.1 Å². The highest BCUT2D eigenvalue weighted by Gasteiger charge is 2.15. The third-order valence-corrected chi connectivity index (χ3v) is 5.04. The second-order valence-electron chi connectivity index (χ2n) is 3.83. The lowest BCUT2D eigenvalue weighted by Crippen LogP contribution is -2.13. The molecule has 1 rings (SSSR count). The van der Waals surface area contributed by atoms with E-state index in [-0.39, 0.29) is 4.90 Å². The number of hydrogen-bond donors (Lipinski definition) is 1. The maximum atomic E-state index is 11.1. The van der Waals surface area contributed by atoms with Crippen molar-refractivity contribution in [1.29, 1.82) is 0 Å². The standard InChI is InChI=1S/C11H16BrNO2S/c1-3-11(12)8(2)9-4-6-10(7-5-9)16(13,14)15/h4-8,11H,3H2,1-2H3,(H2,13,14,15). The van der Waals surface area contributed by atoms with Crippen LogP contribution in [0.25, 0.3) is 0 Å². The van der Waals surface area contributed by atoms with Crippen LogP contribution in [0.1, 0.15) is 31.7 Å². The molecule has 16 heavy (non-hydrogen) atoms. The molecule has 5 heteroatoms. The highest BCUT2D eigenvalue weighted by Crippen LogP contribution is 2.27. The SMILES string of the molecule is CCC(Br)C(C)c1ccc(S(N)(=O)=O)cc1. The summed E-state index contributed by atoms with van der Waals surface area (Å²) in [6, 6.07) is 6.73. The Bertz CT molecular complexity index is 442. The van der Waals surface area contributed by atoms with Crippen molar-refractivity contribution in [2.75, 3.05) is 0 Å². The van der Waals surface area contributed by atoms with Gasteiger partial charge in [-0.25, -0.2) is 13.6 Å². The lowest BCUT2D eigenvalue weighted by atomic mass is 9.97. The highest BCUT2D eigenvalue weighted by atomic mass is 79.9. The Hall–Kier alpha value is -0.390. The van der Waals surface area contributed by atoms with Gasteiger partial charge >= 0.3 is 0 Å². The lowest BCUT2D eigenvalue weighted by molar-refractivity contribution is 0.597. The van der Waals surface area contributed by atoms with Crippen molar-refractivity contribution in [2.45, 2.75) is 35.9 Å². The predicted molar refractivity (Wildman–Crippen MR) is 69.2 cm³/mol. The van der Waals surface area contributed by atoms with Crippen LogP contribution in [0.3, 0.4) is 0 Å². The first-order chi connectivity index (χ1) is 7.36. The van der Waals surface area contributed by atoms with Crippen molar-refractivity contribution >= 4 is 26.0 Å². The highest BCUT2D eigenvalue weighted by molar-refractivity contribution is 9.09. The van der Waals surface area contributed by atoms with E-state index in [9.17, 15) is 8.42 Å². The zero-order valence-corrected chi connectivity index (χ0v) is 11.8. The van der Waals surface area contributed by atoms with E-state index >= 15 is 0 Å². The first kappa shape index (κ1) is 13.7. The molecule has 0 bridgehead atoms. The molecular weight excluding hydrogens is 290 g/mol. The van der Waals surface area contributed by atoms with Crippen LogP contribution in [0.4, 0.5) is 0 Å². The first-order valence-electron chi connectivity index (χ1n) is 5.13. The van der Waals surface area contributed by atoms with Crippen LogP contribution in [0.5, 0.6) is 0 Å². The van der Waals surface area contributed by atoms with Crippen molar-refractivity contribution in [3.05, 3.63) is 29.8 Å². The zero-order chi connectivity index (χ0) is 12.3. The lowest BCUT2D eigenvalue weighted by Gasteiger charge is -2.17. The van der Waals surface area contributed by atoms with E-state index in [1.54, 1.807) is 12.1 Å². The molecule has 90 valence electrons. The maximum Gasteiger partial charge on any atom is 0.238 e. The summed E-state index contributed by atoms with van der Waals surface area (Å²) in [6.07, 6.45) is 1.03. The Labute approximate surface area is 105 Å². The van der Waals surface area contributed by atoms with Gasteiger partial charge in [-0.15, -0.1) is 0 Å². The van der Waals surface area contributed by atoms with Crippen LogP contribution in [0.2, 0.25) is 0 Å². The van der Waals surface area contributed by atoms with Crippen molar-refractivity contribution < 1.29 is 8.42 Å². The molecule has 0 spiro atoms. The Balaban J connectivity index is 2.96. The summed E-state index contributed by atoms with van der Waals surface area (Å²) in [5, 5.41) is 5.03. The van der Waals surface area contributed by atoms with Crippen molar-refractivity contribution in [1.82, 2.24) is 0 Å². The topological polar surface area (TPSA) is 60.2 Å². The van der Waals surface area contributed by atoms with Crippen molar-refractivity contribution in [3.63, 3.8) is 0 Å². The molecule has 0 heterocycles. The van der Waals surface area contributed by atoms with Gasteiger partial charge in [0, 0.05) is 4.83 Å². The van der Waals surface area contributed by atoms with Crippen LogP contribution in [0, 0.1) is 0 Å². The van der Waals surface area contributed by atoms with Gasteiger partial charge in [-0.1, -0.05) is 41.9 Å². The minimum Gasteiger partial charge on any atom is -0.225 e. The fourth-order valence-electron chi connectivity index (χ4n) is 1.52. The van der Waals surface area contributed by atoms with E-state index < -0.39 is 10.0 Å². The van der Waals surface area contributed by atoms with Crippen LogP contribution >= 0.6 is 15.9 Å². The Morgan fingerprint density at radius 1 is 1.31 bits per heavy atom. The third-order valence-electron chi connectivity index (χ3n) is 2.67. The third kappa shape index (κ3) is 3.30. The van der Waals surface area contributed by atoms with Crippen LogP contribution in [-0.2, 0) is 10.0 Å². The Kier molecular flexibility index (Phi) is 4.52. The molecule has 0 aliphatic heterocycles. The average molecular weight is 306 g/mol. The summed E-state index contributed by atoms with van der Waals surface area (Å²) >= 11 is 3.59. The molecular formula is C11H16BrNO2S. The van der Waals surface area contributed by atoms with Crippen LogP contribution < -0.4 is 5.14 Å². The van der Waals surface area contributed by atoms with E-state index in [0.717, 1.165) is 12.0 Å². The Morgan fingerprint density at radius 3 is 2.19 bits per heavy atom. The molecule has 0 aliphatic carbocycles. The van der Waals surface area contributed by atoms with Gasteiger partial charge in [-0.05, 0) is 30.0 Å². The molecule has 2 unspecified atom stereocenters. The summed E-state index contributed by atoms with van der Waals surface area (Å²) in [6.45, 7) is 4.21. The van der Waals surface area contributed by atoms with Gasteiger partial charge in [0.2, 0.25) is 10.0 Å². The van der Waals surface area contributed by atoms with Gasteiger partial charge in [-0.3, -0.25) is 0 Å². The summed E-state index contributed by atoms with van der Waals surface area (Å²) in [5.74, 6) is 0.347. The number of sulfonamides is 1. The molecule has 1 aromatic rings. The number of hydrogen-bond acceptors (Lipinski definition) is 2.